The first-order chi connectivity index (χ1) is 16.5. The summed E-state index contributed by atoms with van der Waals surface area (Å²) < 4.78 is 7.19. The fourth-order valence-electron chi connectivity index (χ4n) is 4.40. The second-order valence-corrected chi connectivity index (χ2v) is 9.82. The van der Waals surface area contributed by atoms with Gasteiger partial charge in [-0.3, -0.25) is 14.3 Å². The lowest BCUT2D eigenvalue weighted by molar-refractivity contribution is -0.118. The average molecular weight is 480 g/mol. The minimum atomic E-state index is -0.0201. The molecule has 1 atom stereocenters. The van der Waals surface area contributed by atoms with Crippen LogP contribution >= 0.6 is 11.8 Å². The number of piperidine rings is 1. The van der Waals surface area contributed by atoms with Crippen LogP contribution in [0.15, 0.2) is 53.7 Å². The number of amides is 1. The van der Waals surface area contributed by atoms with Crippen molar-refractivity contribution in [2.45, 2.75) is 44.9 Å². The zero-order valence-corrected chi connectivity index (χ0v) is 21.0. The highest BCUT2D eigenvalue weighted by molar-refractivity contribution is 7.99. The van der Waals surface area contributed by atoms with E-state index in [1.807, 2.05) is 41.8 Å². The molecule has 1 saturated heterocycles. The van der Waals surface area contributed by atoms with E-state index < -0.39 is 0 Å². The van der Waals surface area contributed by atoms with E-state index in [1.165, 1.54) is 35.7 Å². The molecule has 2 aromatic carbocycles. The van der Waals surface area contributed by atoms with Gasteiger partial charge in [-0.2, -0.15) is 0 Å². The van der Waals surface area contributed by atoms with Crippen molar-refractivity contribution in [1.29, 1.82) is 0 Å². The predicted molar refractivity (Wildman–Crippen MR) is 135 cm³/mol. The van der Waals surface area contributed by atoms with E-state index in [2.05, 4.69) is 45.5 Å². The molecular formula is C26H33N5O2S. The molecule has 3 aromatic rings. The first-order valence-electron chi connectivity index (χ1n) is 11.8. The summed E-state index contributed by atoms with van der Waals surface area (Å²) in [6.45, 7) is 7.99. The number of nitrogens with one attached hydrogen (secondary N) is 1. The van der Waals surface area contributed by atoms with E-state index in [4.69, 9.17) is 4.74 Å². The number of carbonyl (C=O) groups excluding carboxylic acids is 1. The van der Waals surface area contributed by atoms with Gasteiger partial charge in [0.05, 0.1) is 12.9 Å². The second-order valence-electron chi connectivity index (χ2n) is 8.88. The van der Waals surface area contributed by atoms with Gasteiger partial charge in [-0.05, 0) is 67.6 Å². The number of hydrogen-bond donors (Lipinski definition) is 1. The van der Waals surface area contributed by atoms with Crippen LogP contribution in [0.1, 0.15) is 36.7 Å². The highest BCUT2D eigenvalue weighted by Crippen LogP contribution is 2.24. The third-order valence-corrected chi connectivity index (χ3v) is 7.12. The molecule has 1 N–H and O–H groups in total. The monoisotopic (exact) mass is 479 g/mol. The van der Waals surface area contributed by atoms with E-state index in [0.717, 1.165) is 42.8 Å². The molecular weight excluding hydrogens is 446 g/mol. The van der Waals surface area contributed by atoms with Crippen LogP contribution in [0.3, 0.4) is 0 Å². The van der Waals surface area contributed by atoms with Gasteiger partial charge < -0.3 is 10.1 Å². The molecule has 1 aliphatic rings. The Kier molecular flexibility index (Phi) is 8.24. The van der Waals surface area contributed by atoms with Gasteiger partial charge in [0, 0.05) is 25.3 Å². The molecule has 180 valence electrons. The molecule has 0 aliphatic carbocycles. The van der Waals surface area contributed by atoms with Gasteiger partial charge >= 0.3 is 0 Å². The number of methoxy groups -OCH3 is 1. The summed E-state index contributed by atoms with van der Waals surface area (Å²) in [6.07, 6.45) is 2.58. The molecule has 0 spiro atoms. The molecule has 34 heavy (non-hydrogen) atoms. The summed E-state index contributed by atoms with van der Waals surface area (Å²) in [4.78, 5) is 15.2. The van der Waals surface area contributed by atoms with Crippen LogP contribution in [-0.4, -0.2) is 51.5 Å². The summed E-state index contributed by atoms with van der Waals surface area (Å²) >= 11 is 1.39. The molecule has 1 aromatic heterocycles. The van der Waals surface area contributed by atoms with Gasteiger partial charge in [0.1, 0.15) is 11.6 Å². The Labute approximate surface area is 205 Å². The molecule has 0 bridgehead atoms. The molecule has 1 unspecified atom stereocenters. The van der Waals surface area contributed by atoms with Crippen molar-refractivity contribution in [2.75, 3.05) is 26.0 Å². The largest absolute Gasteiger partial charge is 0.497 e. The molecule has 1 fully saturated rings. The van der Waals surface area contributed by atoms with Crippen LogP contribution in [0.2, 0.25) is 0 Å². The van der Waals surface area contributed by atoms with Gasteiger partial charge in [-0.1, -0.05) is 43.0 Å². The number of ether oxygens (including phenoxy) is 1. The predicted octanol–water partition coefficient (Wildman–Crippen LogP) is 4.22. The third kappa shape index (κ3) is 6.18. The van der Waals surface area contributed by atoms with E-state index in [0.29, 0.717) is 11.7 Å². The van der Waals surface area contributed by atoms with Crippen molar-refractivity contribution in [3.8, 4) is 11.4 Å². The molecule has 1 amide bonds. The van der Waals surface area contributed by atoms with Crippen LogP contribution in [0.4, 0.5) is 0 Å². The van der Waals surface area contributed by atoms with Crippen molar-refractivity contribution in [3.05, 3.63) is 65.5 Å². The van der Waals surface area contributed by atoms with E-state index in [1.54, 1.807) is 7.11 Å². The summed E-state index contributed by atoms with van der Waals surface area (Å²) in [5.74, 6) is 2.57. The molecule has 4 rings (SSSR count). The topological polar surface area (TPSA) is 72.3 Å². The number of nitrogens with zero attached hydrogens (tertiary/aromatic N) is 4. The fourth-order valence-corrected chi connectivity index (χ4v) is 5.22. The number of aromatic nitrogens is 3. The number of carbonyl (C=O) groups is 1. The molecule has 8 heteroatoms. The Hall–Kier alpha value is -2.84. The summed E-state index contributed by atoms with van der Waals surface area (Å²) in [5, 5.41) is 12.2. The van der Waals surface area contributed by atoms with E-state index >= 15 is 0 Å². The van der Waals surface area contributed by atoms with E-state index in [-0.39, 0.29) is 11.7 Å². The molecule has 7 nitrogen and oxygen atoms in total. The maximum atomic E-state index is 12.7. The first-order valence-corrected chi connectivity index (χ1v) is 12.8. The first kappa shape index (κ1) is 24.3. The molecule has 0 saturated carbocycles. The van der Waals surface area contributed by atoms with Crippen LogP contribution < -0.4 is 10.1 Å². The lowest BCUT2D eigenvalue weighted by Crippen LogP contribution is -2.34. The van der Waals surface area contributed by atoms with Crippen molar-refractivity contribution in [1.82, 2.24) is 25.0 Å². The highest BCUT2D eigenvalue weighted by atomic mass is 32.2. The standard InChI is InChI=1S/C26H33N5O2S/c1-19-7-6-14-30(16-19)17-22-9-5-4-8-21(22)15-27-25(32)18-34-26-29-28-20(2)31(26)23-10-12-24(33-3)13-11-23/h4-5,8-13,19H,6-7,14-18H2,1-3H3,(H,27,32). The van der Waals surface area contributed by atoms with Crippen LogP contribution in [-0.2, 0) is 17.9 Å². The van der Waals surface area contributed by atoms with Crippen molar-refractivity contribution < 1.29 is 9.53 Å². The summed E-state index contributed by atoms with van der Waals surface area (Å²) in [6, 6.07) is 16.1. The minimum absolute atomic E-state index is 0.0201. The number of thioether (sulfide) groups is 1. The summed E-state index contributed by atoms with van der Waals surface area (Å²) in [7, 11) is 1.64. The lowest BCUT2D eigenvalue weighted by Gasteiger charge is -2.31. The van der Waals surface area contributed by atoms with Crippen molar-refractivity contribution in [3.63, 3.8) is 0 Å². The zero-order valence-electron chi connectivity index (χ0n) is 20.2. The second kappa shape index (κ2) is 11.5. The van der Waals surface area contributed by atoms with Gasteiger partial charge in [-0.15, -0.1) is 10.2 Å². The number of hydrogen-bond acceptors (Lipinski definition) is 6. The maximum Gasteiger partial charge on any atom is 0.230 e. The Balaban J connectivity index is 1.33. The maximum absolute atomic E-state index is 12.7. The van der Waals surface area contributed by atoms with Gasteiger partial charge in [-0.25, -0.2) is 0 Å². The molecule has 2 heterocycles. The molecule has 0 radical (unpaired) electrons. The third-order valence-electron chi connectivity index (χ3n) is 6.19. The van der Waals surface area contributed by atoms with Crippen LogP contribution in [0.5, 0.6) is 5.75 Å². The lowest BCUT2D eigenvalue weighted by atomic mass is 9.99. The normalized spacial score (nSPS) is 16.4. The van der Waals surface area contributed by atoms with E-state index in [9.17, 15) is 4.79 Å². The van der Waals surface area contributed by atoms with Gasteiger partial charge in [0.15, 0.2) is 5.16 Å². The fraction of sp³-hybridized carbons (Fsp3) is 0.423. The van der Waals surface area contributed by atoms with Gasteiger partial charge in [0.2, 0.25) is 5.91 Å². The zero-order chi connectivity index (χ0) is 23.9. The highest BCUT2D eigenvalue weighted by Gasteiger charge is 2.18. The average Bonchev–Trinajstić information content (AvgIpc) is 3.22. The number of benzene rings is 2. The molecule has 1 aliphatic heterocycles. The smallest absolute Gasteiger partial charge is 0.230 e. The van der Waals surface area contributed by atoms with Crippen molar-refractivity contribution >= 4 is 17.7 Å². The quantitative estimate of drug-likeness (QED) is 0.463. The van der Waals surface area contributed by atoms with Crippen LogP contribution in [0, 0.1) is 12.8 Å². The van der Waals surface area contributed by atoms with Crippen LogP contribution in [0.25, 0.3) is 5.69 Å². The Morgan fingerprint density at radius 3 is 2.65 bits per heavy atom. The number of rotatable bonds is 9. The Morgan fingerprint density at radius 2 is 1.91 bits per heavy atom. The summed E-state index contributed by atoms with van der Waals surface area (Å²) in [5.41, 5.74) is 3.41. The SMILES string of the molecule is COc1ccc(-n2c(C)nnc2SCC(=O)NCc2ccccc2CN2CCCC(C)C2)cc1. The van der Waals surface area contributed by atoms with Gasteiger partial charge in [0.25, 0.3) is 0 Å². The number of likely N-dealkylation sites (tertiary alicyclic amines) is 1. The Morgan fingerprint density at radius 1 is 1.15 bits per heavy atom. The number of aryl methyl sites for hydroxylation is 1. The Bertz CT molecular complexity index is 1100. The minimum Gasteiger partial charge on any atom is -0.497 e. The van der Waals surface area contributed by atoms with Crippen molar-refractivity contribution in [2.24, 2.45) is 5.92 Å².